The Labute approximate surface area is 225 Å². The number of thioether (sulfide) groups is 4. The van der Waals surface area contributed by atoms with Gasteiger partial charge in [0.2, 0.25) is 0 Å². The predicted octanol–water partition coefficient (Wildman–Crippen LogP) is 4.98. The van der Waals surface area contributed by atoms with Crippen molar-refractivity contribution < 1.29 is 48.8 Å². The maximum Gasteiger partial charge on any atom is 0.347 e. The number of benzene rings is 1. The van der Waals surface area contributed by atoms with Gasteiger partial charge in [-0.15, -0.1) is 0 Å². The SMILES string of the molecule is CCOOCC(COOCC)=C1Sc2c(O)c3c(c(O)c2S1)SC(=C(C(=O)OCC)C(=O)OCC)S3. The van der Waals surface area contributed by atoms with E-state index < -0.39 is 11.9 Å². The van der Waals surface area contributed by atoms with Crippen LogP contribution in [0.4, 0.5) is 0 Å². The molecule has 0 spiro atoms. The average Bonchev–Trinajstić information content (AvgIpc) is 3.48. The monoisotopic (exact) mass is 578 g/mol. The summed E-state index contributed by atoms with van der Waals surface area (Å²) in [6.45, 7) is 7.94. The second kappa shape index (κ2) is 13.9. The molecule has 1 aromatic rings. The summed E-state index contributed by atoms with van der Waals surface area (Å²) in [5, 5.41) is 22.2. The number of aromatic hydroxyl groups is 2. The van der Waals surface area contributed by atoms with E-state index in [1.807, 2.05) is 0 Å². The molecule has 0 bridgehead atoms. The first-order chi connectivity index (χ1) is 17.4. The van der Waals surface area contributed by atoms with Crippen molar-refractivity contribution >= 4 is 59.0 Å². The molecule has 198 valence electrons. The number of esters is 2. The predicted molar refractivity (Wildman–Crippen MR) is 136 cm³/mol. The lowest BCUT2D eigenvalue weighted by Gasteiger charge is -2.10. The van der Waals surface area contributed by atoms with Crippen molar-refractivity contribution in [3.8, 4) is 11.5 Å². The smallest absolute Gasteiger partial charge is 0.347 e. The summed E-state index contributed by atoms with van der Waals surface area (Å²) in [7, 11) is 0. The van der Waals surface area contributed by atoms with Crippen LogP contribution in [-0.4, -0.2) is 61.8 Å². The van der Waals surface area contributed by atoms with Gasteiger partial charge in [0.15, 0.2) is 5.57 Å². The molecule has 0 aliphatic carbocycles. The van der Waals surface area contributed by atoms with E-state index >= 15 is 0 Å². The maximum absolute atomic E-state index is 12.5. The Morgan fingerprint density at radius 1 is 0.611 bits per heavy atom. The van der Waals surface area contributed by atoms with E-state index in [4.69, 9.17) is 29.0 Å². The molecule has 0 fully saturated rings. The average molecular weight is 579 g/mol. The Morgan fingerprint density at radius 3 is 1.36 bits per heavy atom. The van der Waals surface area contributed by atoms with Gasteiger partial charge in [0.25, 0.3) is 0 Å². The summed E-state index contributed by atoms with van der Waals surface area (Å²) in [6.07, 6.45) is 0. The van der Waals surface area contributed by atoms with Crippen molar-refractivity contribution in [1.82, 2.24) is 0 Å². The molecule has 10 nitrogen and oxygen atoms in total. The van der Waals surface area contributed by atoms with Crippen LogP contribution in [0.25, 0.3) is 0 Å². The number of carbonyl (C=O) groups is 2. The number of ether oxygens (including phenoxy) is 2. The summed E-state index contributed by atoms with van der Waals surface area (Å²) >= 11 is 4.50. The summed E-state index contributed by atoms with van der Waals surface area (Å²) in [5.74, 6) is -1.79. The van der Waals surface area contributed by atoms with Gasteiger partial charge in [-0.2, -0.15) is 0 Å². The first-order valence-corrected chi connectivity index (χ1v) is 14.3. The van der Waals surface area contributed by atoms with Gasteiger partial charge in [-0.05, 0) is 27.7 Å². The number of phenols is 2. The zero-order valence-electron chi connectivity index (χ0n) is 20.0. The van der Waals surface area contributed by atoms with Gasteiger partial charge in [0, 0.05) is 5.57 Å². The molecule has 36 heavy (non-hydrogen) atoms. The van der Waals surface area contributed by atoms with Crippen LogP contribution in [0.3, 0.4) is 0 Å². The highest BCUT2D eigenvalue weighted by molar-refractivity contribution is 8.26. The van der Waals surface area contributed by atoms with E-state index in [1.54, 1.807) is 27.7 Å². The quantitative estimate of drug-likeness (QED) is 0.0505. The standard InChI is InChI=1S/C22H26O10S4/c1-5-27-19(25)12(20(26)28-6-2)22-35-17-13(23)15-16(14(24)18(17)36-22)34-21(33-15)11(9-31-29-7-3)10-32-30-8-4/h23-24H,5-10H2,1-4H3. The van der Waals surface area contributed by atoms with Crippen LogP contribution in [0, 0.1) is 0 Å². The van der Waals surface area contributed by atoms with Gasteiger partial charge in [-0.1, -0.05) is 47.0 Å². The molecule has 1 aromatic carbocycles. The van der Waals surface area contributed by atoms with Crippen molar-refractivity contribution in [3.63, 3.8) is 0 Å². The fraction of sp³-hybridized carbons (Fsp3) is 0.455. The number of hydrogen-bond acceptors (Lipinski definition) is 14. The minimum absolute atomic E-state index is 0.0688. The van der Waals surface area contributed by atoms with Gasteiger partial charge < -0.3 is 19.7 Å². The van der Waals surface area contributed by atoms with E-state index in [0.29, 0.717) is 38.4 Å². The first-order valence-electron chi connectivity index (χ1n) is 11.0. The number of carbonyl (C=O) groups excluding carboxylic acids is 2. The Bertz CT molecular complexity index is 993. The van der Waals surface area contributed by atoms with Crippen molar-refractivity contribution in [2.24, 2.45) is 0 Å². The van der Waals surface area contributed by atoms with Crippen LogP contribution in [0.1, 0.15) is 27.7 Å². The minimum Gasteiger partial charge on any atom is -0.505 e. The lowest BCUT2D eigenvalue weighted by atomic mass is 10.3. The highest BCUT2D eigenvalue weighted by Gasteiger charge is 2.39. The second-order valence-corrected chi connectivity index (χ2v) is 11.4. The Hall–Kier alpha value is -1.52. The van der Waals surface area contributed by atoms with E-state index in [2.05, 4.69) is 0 Å². The van der Waals surface area contributed by atoms with Crippen LogP contribution in [0.5, 0.6) is 11.5 Å². The van der Waals surface area contributed by atoms with Gasteiger partial charge in [-0.25, -0.2) is 29.1 Å². The van der Waals surface area contributed by atoms with Gasteiger partial charge in [0.05, 0.1) is 54.5 Å². The molecule has 0 amide bonds. The fourth-order valence-electron chi connectivity index (χ4n) is 2.88. The molecule has 0 saturated heterocycles. The number of phenolic OH excluding ortho intramolecular Hbond substituents is 2. The van der Waals surface area contributed by atoms with Crippen molar-refractivity contribution in [1.29, 1.82) is 0 Å². The van der Waals surface area contributed by atoms with Gasteiger partial charge in [-0.3, -0.25) is 0 Å². The third kappa shape index (κ3) is 6.48. The number of rotatable bonds is 12. The van der Waals surface area contributed by atoms with E-state index in [1.165, 1.54) is 23.5 Å². The normalized spacial score (nSPS) is 14.0. The van der Waals surface area contributed by atoms with Crippen molar-refractivity contribution in [3.05, 3.63) is 19.6 Å². The topological polar surface area (TPSA) is 130 Å². The molecule has 2 aliphatic rings. The molecule has 0 saturated carbocycles. The zero-order valence-corrected chi connectivity index (χ0v) is 23.3. The molecular formula is C22H26O10S4. The Morgan fingerprint density at radius 2 is 1.00 bits per heavy atom. The molecule has 0 atom stereocenters. The van der Waals surface area contributed by atoms with Gasteiger partial charge >= 0.3 is 11.9 Å². The molecular weight excluding hydrogens is 553 g/mol. The largest absolute Gasteiger partial charge is 0.505 e. The van der Waals surface area contributed by atoms with Crippen LogP contribution in [0.15, 0.2) is 39.2 Å². The maximum atomic E-state index is 12.5. The van der Waals surface area contributed by atoms with Crippen LogP contribution in [0.2, 0.25) is 0 Å². The third-order valence-electron chi connectivity index (χ3n) is 4.37. The van der Waals surface area contributed by atoms with E-state index in [-0.39, 0.29) is 47.7 Å². The lowest BCUT2D eigenvalue weighted by Crippen LogP contribution is -2.19. The van der Waals surface area contributed by atoms with E-state index in [0.717, 1.165) is 27.8 Å². The van der Waals surface area contributed by atoms with Crippen LogP contribution in [-0.2, 0) is 38.6 Å². The minimum atomic E-state index is -0.826. The molecule has 0 aromatic heterocycles. The zero-order chi connectivity index (χ0) is 26.2. The highest BCUT2D eigenvalue weighted by Crippen LogP contribution is 2.67. The number of hydrogen-bond donors (Lipinski definition) is 2. The van der Waals surface area contributed by atoms with Crippen LogP contribution < -0.4 is 0 Å². The molecule has 3 rings (SSSR count). The fourth-order valence-corrected chi connectivity index (χ4v) is 8.20. The lowest BCUT2D eigenvalue weighted by molar-refractivity contribution is -0.299. The van der Waals surface area contributed by atoms with Crippen LogP contribution >= 0.6 is 47.0 Å². The molecule has 0 radical (unpaired) electrons. The summed E-state index contributed by atoms with van der Waals surface area (Å²) in [4.78, 5) is 47.0. The Balaban J connectivity index is 1.96. The summed E-state index contributed by atoms with van der Waals surface area (Å²) in [6, 6.07) is 0. The number of fused-ring (bicyclic) bond motifs is 2. The molecule has 0 unspecified atom stereocenters. The highest BCUT2D eigenvalue weighted by atomic mass is 32.2. The first kappa shape index (κ1) is 29.0. The second-order valence-electron chi connectivity index (χ2n) is 6.75. The van der Waals surface area contributed by atoms with Gasteiger partial charge in [0.1, 0.15) is 24.7 Å². The van der Waals surface area contributed by atoms with Crippen molar-refractivity contribution in [2.75, 3.05) is 39.6 Å². The summed E-state index contributed by atoms with van der Waals surface area (Å²) < 4.78 is 11.1. The van der Waals surface area contributed by atoms with E-state index in [9.17, 15) is 19.8 Å². The third-order valence-corrected chi connectivity index (χ3v) is 9.76. The molecule has 2 aliphatic heterocycles. The molecule has 2 heterocycles. The van der Waals surface area contributed by atoms with Crippen molar-refractivity contribution in [2.45, 2.75) is 47.3 Å². The Kier molecular flexibility index (Phi) is 11.2. The molecule has 2 N–H and O–H groups in total. The summed E-state index contributed by atoms with van der Waals surface area (Å²) in [5.41, 5.74) is 0.433. The molecule has 14 heteroatoms.